The summed E-state index contributed by atoms with van der Waals surface area (Å²) >= 11 is 0. The quantitative estimate of drug-likeness (QED) is 0.633. The van der Waals surface area contributed by atoms with Crippen LogP contribution in [0.2, 0.25) is 0 Å². The molecule has 0 saturated carbocycles. The number of nitrogens with zero attached hydrogens (tertiary/aromatic N) is 1. The molecule has 3 rings (SSSR count). The molecule has 4 heteroatoms. The summed E-state index contributed by atoms with van der Waals surface area (Å²) in [5, 5.41) is 8.78. The van der Waals surface area contributed by atoms with Gasteiger partial charge in [-0.1, -0.05) is 36.4 Å². The average molecular weight is 347 g/mol. The van der Waals surface area contributed by atoms with Gasteiger partial charge in [-0.15, -0.1) is 0 Å². The second-order valence-corrected chi connectivity index (χ2v) is 6.03. The molecule has 26 heavy (non-hydrogen) atoms. The Balaban J connectivity index is 1.72. The number of aliphatic carboxylic acids is 1. The summed E-state index contributed by atoms with van der Waals surface area (Å²) in [6.07, 6.45) is 0.688. The van der Waals surface area contributed by atoms with Crippen LogP contribution in [0.15, 0.2) is 78.9 Å². The van der Waals surface area contributed by atoms with Gasteiger partial charge in [0.1, 0.15) is 11.5 Å². The Labute approximate surface area is 153 Å². The molecule has 3 aromatic carbocycles. The van der Waals surface area contributed by atoms with Gasteiger partial charge in [0.25, 0.3) is 0 Å². The zero-order valence-corrected chi connectivity index (χ0v) is 14.6. The third-order valence-corrected chi connectivity index (χ3v) is 4.14. The molecule has 0 saturated heterocycles. The molecule has 0 unspecified atom stereocenters. The van der Waals surface area contributed by atoms with Crippen molar-refractivity contribution in [1.29, 1.82) is 0 Å². The minimum atomic E-state index is -0.776. The first-order chi connectivity index (χ1) is 12.6. The zero-order chi connectivity index (χ0) is 18.4. The van der Waals surface area contributed by atoms with Crippen molar-refractivity contribution in [3.05, 3.63) is 84.4 Å². The maximum absolute atomic E-state index is 10.7. The fraction of sp³-hybridized carbons (Fsp3) is 0.136. The Morgan fingerprint density at radius 1 is 0.885 bits per heavy atom. The van der Waals surface area contributed by atoms with Crippen LogP contribution in [-0.2, 0) is 11.2 Å². The Morgan fingerprint density at radius 2 is 1.58 bits per heavy atom. The van der Waals surface area contributed by atoms with Gasteiger partial charge in [-0.25, -0.2) is 0 Å². The van der Waals surface area contributed by atoms with Gasteiger partial charge in [-0.05, 0) is 48.4 Å². The van der Waals surface area contributed by atoms with Gasteiger partial charge >= 0.3 is 5.97 Å². The fourth-order valence-electron chi connectivity index (χ4n) is 2.67. The highest BCUT2D eigenvalue weighted by Gasteiger charge is 2.07. The number of carboxylic acid groups (broad SMARTS) is 1. The van der Waals surface area contributed by atoms with E-state index in [4.69, 9.17) is 9.84 Å². The molecule has 0 radical (unpaired) electrons. The standard InChI is InChI=1S/C22H21NO3/c1-23(18-13-10-17(11-14-18)12-15-22(24)25)19-6-5-9-21(16-19)26-20-7-3-2-4-8-20/h2-11,13-14,16H,12,15H2,1H3,(H,24,25). The van der Waals surface area contributed by atoms with E-state index in [1.165, 1.54) is 0 Å². The van der Waals surface area contributed by atoms with Gasteiger partial charge in [-0.2, -0.15) is 0 Å². The molecule has 0 amide bonds. The monoisotopic (exact) mass is 347 g/mol. The highest BCUT2D eigenvalue weighted by atomic mass is 16.5. The summed E-state index contributed by atoms with van der Waals surface area (Å²) < 4.78 is 5.90. The molecule has 0 bridgehead atoms. The predicted octanol–water partition coefficient (Wildman–Crippen LogP) is 5.26. The number of ether oxygens (including phenoxy) is 1. The van der Waals surface area contributed by atoms with E-state index >= 15 is 0 Å². The van der Waals surface area contributed by atoms with E-state index in [0.717, 1.165) is 28.4 Å². The number of anilines is 2. The lowest BCUT2D eigenvalue weighted by Gasteiger charge is -2.20. The lowest BCUT2D eigenvalue weighted by Crippen LogP contribution is -2.09. The number of carbonyl (C=O) groups is 1. The van der Waals surface area contributed by atoms with Crippen molar-refractivity contribution < 1.29 is 14.6 Å². The highest BCUT2D eigenvalue weighted by Crippen LogP contribution is 2.29. The molecule has 3 aromatic rings. The maximum atomic E-state index is 10.7. The van der Waals surface area contributed by atoms with Crippen LogP contribution in [0.25, 0.3) is 0 Å². The number of rotatable bonds is 7. The van der Waals surface area contributed by atoms with Crippen LogP contribution in [-0.4, -0.2) is 18.1 Å². The summed E-state index contributed by atoms with van der Waals surface area (Å²) in [6.45, 7) is 0. The number of para-hydroxylation sites is 1. The summed E-state index contributed by atoms with van der Waals surface area (Å²) in [7, 11) is 1.99. The number of aryl methyl sites for hydroxylation is 1. The van der Waals surface area contributed by atoms with E-state index < -0.39 is 5.97 Å². The van der Waals surface area contributed by atoms with Crippen molar-refractivity contribution >= 4 is 17.3 Å². The molecule has 1 N–H and O–H groups in total. The molecule has 0 aliphatic heterocycles. The Kier molecular flexibility index (Phi) is 5.54. The molecule has 0 heterocycles. The van der Waals surface area contributed by atoms with Crippen molar-refractivity contribution in [1.82, 2.24) is 0 Å². The lowest BCUT2D eigenvalue weighted by atomic mass is 10.1. The summed E-state index contributed by atoms with van der Waals surface area (Å²) in [4.78, 5) is 12.7. The van der Waals surface area contributed by atoms with Crippen LogP contribution in [0.5, 0.6) is 11.5 Å². The van der Waals surface area contributed by atoms with E-state index in [2.05, 4.69) is 4.90 Å². The summed E-state index contributed by atoms with van der Waals surface area (Å²) in [6, 6.07) is 25.5. The fourth-order valence-corrected chi connectivity index (χ4v) is 2.67. The molecule has 0 aliphatic rings. The van der Waals surface area contributed by atoms with E-state index in [1.807, 2.05) is 85.9 Å². The normalized spacial score (nSPS) is 10.3. The Morgan fingerprint density at radius 3 is 2.27 bits per heavy atom. The first-order valence-corrected chi connectivity index (χ1v) is 8.49. The molecule has 0 atom stereocenters. The van der Waals surface area contributed by atoms with Crippen LogP contribution >= 0.6 is 0 Å². The van der Waals surface area contributed by atoms with Gasteiger partial charge in [0.15, 0.2) is 0 Å². The van der Waals surface area contributed by atoms with Gasteiger partial charge in [0.2, 0.25) is 0 Å². The molecular formula is C22H21NO3. The van der Waals surface area contributed by atoms with Crippen molar-refractivity contribution in [2.75, 3.05) is 11.9 Å². The molecule has 132 valence electrons. The van der Waals surface area contributed by atoms with Crippen LogP contribution < -0.4 is 9.64 Å². The molecule has 0 aromatic heterocycles. The third-order valence-electron chi connectivity index (χ3n) is 4.14. The van der Waals surface area contributed by atoms with E-state index in [1.54, 1.807) is 0 Å². The van der Waals surface area contributed by atoms with Crippen LogP contribution in [0.4, 0.5) is 11.4 Å². The molecule has 4 nitrogen and oxygen atoms in total. The second kappa shape index (κ2) is 8.21. The topological polar surface area (TPSA) is 49.8 Å². The van der Waals surface area contributed by atoms with Crippen LogP contribution in [0.1, 0.15) is 12.0 Å². The van der Waals surface area contributed by atoms with Crippen molar-refractivity contribution in [2.24, 2.45) is 0 Å². The van der Waals surface area contributed by atoms with Crippen molar-refractivity contribution in [2.45, 2.75) is 12.8 Å². The van der Waals surface area contributed by atoms with E-state index in [9.17, 15) is 4.79 Å². The molecule has 0 spiro atoms. The maximum Gasteiger partial charge on any atom is 0.303 e. The highest BCUT2D eigenvalue weighted by molar-refractivity contribution is 5.67. The summed E-state index contributed by atoms with van der Waals surface area (Å²) in [5.41, 5.74) is 3.06. The minimum Gasteiger partial charge on any atom is -0.481 e. The first-order valence-electron chi connectivity index (χ1n) is 8.49. The van der Waals surface area contributed by atoms with Gasteiger partial charge in [-0.3, -0.25) is 4.79 Å². The van der Waals surface area contributed by atoms with E-state index in [-0.39, 0.29) is 6.42 Å². The molecule has 0 aliphatic carbocycles. The zero-order valence-electron chi connectivity index (χ0n) is 14.6. The second-order valence-electron chi connectivity index (χ2n) is 6.03. The number of hydrogen-bond donors (Lipinski definition) is 1. The SMILES string of the molecule is CN(c1ccc(CCC(=O)O)cc1)c1cccc(Oc2ccccc2)c1. The predicted molar refractivity (Wildman–Crippen MR) is 103 cm³/mol. The van der Waals surface area contributed by atoms with Crippen molar-refractivity contribution in [3.63, 3.8) is 0 Å². The van der Waals surface area contributed by atoms with Gasteiger partial charge in [0.05, 0.1) is 0 Å². The smallest absolute Gasteiger partial charge is 0.303 e. The number of benzene rings is 3. The Hall–Kier alpha value is -3.27. The van der Waals surface area contributed by atoms with Gasteiger partial charge < -0.3 is 14.7 Å². The lowest BCUT2D eigenvalue weighted by molar-refractivity contribution is -0.136. The van der Waals surface area contributed by atoms with Gasteiger partial charge in [0, 0.05) is 30.9 Å². The molecule has 0 fully saturated rings. The third kappa shape index (κ3) is 4.63. The number of carboxylic acids is 1. The number of hydrogen-bond acceptors (Lipinski definition) is 3. The first kappa shape index (κ1) is 17.5. The average Bonchev–Trinajstić information content (AvgIpc) is 2.67. The largest absolute Gasteiger partial charge is 0.481 e. The molecular weight excluding hydrogens is 326 g/mol. The van der Waals surface area contributed by atoms with Crippen LogP contribution in [0.3, 0.4) is 0 Å². The van der Waals surface area contributed by atoms with E-state index in [0.29, 0.717) is 6.42 Å². The van der Waals surface area contributed by atoms with Crippen LogP contribution in [0, 0.1) is 0 Å². The summed E-state index contributed by atoms with van der Waals surface area (Å²) in [5.74, 6) is 0.801. The Bertz CT molecular complexity index is 860. The minimum absolute atomic E-state index is 0.147. The van der Waals surface area contributed by atoms with Crippen molar-refractivity contribution in [3.8, 4) is 11.5 Å².